The number of carbonyl (C=O) groups is 1. The van der Waals surface area contributed by atoms with Gasteiger partial charge in [0.15, 0.2) is 0 Å². The van der Waals surface area contributed by atoms with Crippen LogP contribution in [-0.4, -0.2) is 48.1 Å². The molecule has 0 amide bonds. The lowest BCUT2D eigenvalue weighted by molar-refractivity contribution is -0.174. The van der Waals surface area contributed by atoms with Gasteiger partial charge in [-0.3, -0.25) is 4.79 Å². The largest absolute Gasteiger partial charge is 0.469 e. The van der Waals surface area contributed by atoms with Crippen molar-refractivity contribution in [3.05, 3.63) is 0 Å². The van der Waals surface area contributed by atoms with Gasteiger partial charge in [0.05, 0.1) is 25.2 Å². The minimum atomic E-state index is -0.615. The van der Waals surface area contributed by atoms with E-state index in [-0.39, 0.29) is 35.1 Å². The number of rotatable bonds is 5. The normalized spacial score (nSPS) is 47.8. The van der Waals surface area contributed by atoms with Crippen LogP contribution in [0.1, 0.15) is 79.1 Å². The van der Waals surface area contributed by atoms with E-state index < -0.39 is 12.2 Å². The fourth-order valence-electron chi connectivity index (χ4n) is 8.75. The highest BCUT2D eigenvalue weighted by atomic mass is 35.5. The van der Waals surface area contributed by atoms with Crippen LogP contribution in [0.5, 0.6) is 0 Å². The van der Waals surface area contributed by atoms with Crippen molar-refractivity contribution < 1.29 is 19.7 Å². The predicted molar refractivity (Wildman–Crippen MR) is 129 cm³/mol. The average Bonchev–Trinajstić information content (AvgIpc) is 3.05. The molecule has 0 aromatic rings. The Balaban J connectivity index is 0.00000289. The zero-order valence-electron chi connectivity index (χ0n) is 20.7. The molecule has 6 heteroatoms. The first-order valence-corrected chi connectivity index (χ1v) is 12.8. The van der Waals surface area contributed by atoms with Crippen LogP contribution in [0.4, 0.5) is 0 Å². The fourth-order valence-corrected chi connectivity index (χ4v) is 8.75. The molecule has 0 aromatic heterocycles. The number of methoxy groups -OCH3 is 1. The van der Waals surface area contributed by atoms with Gasteiger partial charge in [0.25, 0.3) is 0 Å². The van der Waals surface area contributed by atoms with Gasteiger partial charge in [-0.25, -0.2) is 0 Å². The number of hydrogen-bond donors (Lipinski definition) is 3. The number of carbonyl (C=O) groups excluding carboxylic acids is 1. The smallest absolute Gasteiger partial charge is 0.309 e. The average molecular weight is 472 g/mol. The highest BCUT2D eigenvalue weighted by molar-refractivity contribution is 5.85. The molecule has 4 fully saturated rings. The summed E-state index contributed by atoms with van der Waals surface area (Å²) in [4.78, 5) is 12.7. The lowest BCUT2D eigenvalue weighted by atomic mass is 9.43. The van der Waals surface area contributed by atoms with Crippen LogP contribution in [0.15, 0.2) is 0 Å². The zero-order chi connectivity index (χ0) is 22.6. The lowest BCUT2D eigenvalue weighted by Crippen LogP contribution is -2.64. The molecule has 32 heavy (non-hydrogen) atoms. The molecule has 4 aliphatic carbocycles. The molecule has 0 heterocycles. The predicted octanol–water partition coefficient (Wildman–Crippen LogP) is 4.19. The van der Waals surface area contributed by atoms with Gasteiger partial charge in [0, 0.05) is 6.04 Å². The van der Waals surface area contributed by atoms with Gasteiger partial charge in [-0.05, 0) is 98.3 Å². The first-order chi connectivity index (χ1) is 14.6. The number of halogens is 1. The summed E-state index contributed by atoms with van der Waals surface area (Å²) in [5.74, 6) is 2.73. The maximum absolute atomic E-state index is 12.7. The molecular weight excluding hydrogens is 426 g/mol. The highest BCUT2D eigenvalue weighted by Crippen LogP contribution is 2.67. The van der Waals surface area contributed by atoms with E-state index >= 15 is 0 Å². The Labute approximate surface area is 200 Å². The molecule has 5 nitrogen and oxygen atoms in total. The summed E-state index contributed by atoms with van der Waals surface area (Å²) in [6.45, 7) is 10.3. The second kappa shape index (κ2) is 9.71. The van der Waals surface area contributed by atoms with E-state index in [1.807, 2.05) is 0 Å². The second-order valence-electron chi connectivity index (χ2n) is 12.3. The Kier molecular flexibility index (Phi) is 7.97. The maximum atomic E-state index is 12.7. The standard InChI is InChI=1S/C26H45NO4.ClH/c1-15(2)10-11-27-20-13-26(4)18(8-9-19(26)24(30)31-5)17-7-6-16-12-21(28)22(29)14-25(16,3)23(17)20;/h15-23,27-29H,6-14H2,1-5H3;1H/t16?,17-,18-,19?,20?,21?,22?,23-,25-,26-;/m0./s1. The molecule has 5 unspecified atom stereocenters. The van der Waals surface area contributed by atoms with Crippen molar-refractivity contribution in [1.29, 1.82) is 0 Å². The number of aliphatic hydroxyl groups excluding tert-OH is 2. The van der Waals surface area contributed by atoms with Gasteiger partial charge >= 0.3 is 5.97 Å². The van der Waals surface area contributed by atoms with Crippen LogP contribution < -0.4 is 5.32 Å². The summed E-state index contributed by atoms with van der Waals surface area (Å²) in [6.07, 6.45) is 6.77. The molecule has 0 saturated heterocycles. The van der Waals surface area contributed by atoms with E-state index in [1.165, 1.54) is 13.5 Å². The zero-order valence-corrected chi connectivity index (χ0v) is 21.5. The van der Waals surface area contributed by atoms with Crippen LogP contribution in [0.3, 0.4) is 0 Å². The molecule has 4 rings (SSSR count). The fraction of sp³-hybridized carbons (Fsp3) is 0.962. The molecule has 186 valence electrons. The highest BCUT2D eigenvalue weighted by Gasteiger charge is 2.64. The van der Waals surface area contributed by atoms with Gasteiger partial charge in [0.2, 0.25) is 0 Å². The van der Waals surface area contributed by atoms with Crippen molar-refractivity contribution in [2.45, 2.75) is 97.3 Å². The summed E-state index contributed by atoms with van der Waals surface area (Å²) in [5, 5.41) is 25.0. The Morgan fingerprint density at radius 2 is 1.78 bits per heavy atom. The van der Waals surface area contributed by atoms with E-state index in [0.717, 1.165) is 45.1 Å². The van der Waals surface area contributed by atoms with E-state index in [4.69, 9.17) is 4.74 Å². The third kappa shape index (κ3) is 4.25. The van der Waals surface area contributed by atoms with Crippen LogP contribution in [0.25, 0.3) is 0 Å². The monoisotopic (exact) mass is 471 g/mol. The van der Waals surface area contributed by atoms with Crippen molar-refractivity contribution in [1.82, 2.24) is 5.32 Å². The van der Waals surface area contributed by atoms with Gasteiger partial charge in [-0.2, -0.15) is 0 Å². The summed E-state index contributed by atoms with van der Waals surface area (Å²) in [6, 6.07) is 0.352. The van der Waals surface area contributed by atoms with Crippen LogP contribution in [0.2, 0.25) is 0 Å². The number of fused-ring (bicyclic) bond motifs is 5. The van der Waals surface area contributed by atoms with E-state index in [2.05, 4.69) is 33.0 Å². The Morgan fingerprint density at radius 1 is 1.06 bits per heavy atom. The first kappa shape index (κ1) is 26.2. The maximum Gasteiger partial charge on any atom is 0.309 e. The van der Waals surface area contributed by atoms with Crippen molar-refractivity contribution in [2.75, 3.05) is 13.7 Å². The van der Waals surface area contributed by atoms with Crippen molar-refractivity contribution in [3.8, 4) is 0 Å². The Bertz CT molecular complexity index is 674. The quantitative estimate of drug-likeness (QED) is 0.524. The van der Waals surface area contributed by atoms with Crippen LogP contribution >= 0.6 is 12.4 Å². The van der Waals surface area contributed by atoms with Crippen LogP contribution in [0, 0.1) is 46.3 Å². The molecule has 0 bridgehead atoms. The van der Waals surface area contributed by atoms with Crippen molar-refractivity contribution in [2.24, 2.45) is 46.3 Å². The van der Waals surface area contributed by atoms with Gasteiger partial charge < -0.3 is 20.3 Å². The number of hydrogen-bond acceptors (Lipinski definition) is 5. The molecular formula is C26H46ClNO4. The Morgan fingerprint density at radius 3 is 2.44 bits per heavy atom. The molecule has 4 aliphatic rings. The first-order valence-electron chi connectivity index (χ1n) is 12.8. The summed E-state index contributed by atoms with van der Waals surface area (Å²) in [5.41, 5.74) is 0.0293. The summed E-state index contributed by atoms with van der Waals surface area (Å²) in [7, 11) is 1.53. The molecule has 3 N–H and O–H groups in total. The summed E-state index contributed by atoms with van der Waals surface area (Å²) < 4.78 is 5.24. The van der Waals surface area contributed by atoms with Gasteiger partial charge in [-0.1, -0.05) is 27.7 Å². The summed E-state index contributed by atoms with van der Waals surface area (Å²) >= 11 is 0. The van der Waals surface area contributed by atoms with Gasteiger partial charge in [0.1, 0.15) is 0 Å². The Hall–Kier alpha value is -0.360. The minimum Gasteiger partial charge on any atom is -0.469 e. The third-order valence-electron chi connectivity index (χ3n) is 10.3. The molecule has 0 aromatic carbocycles. The van der Waals surface area contributed by atoms with Crippen molar-refractivity contribution in [3.63, 3.8) is 0 Å². The third-order valence-corrected chi connectivity index (χ3v) is 10.3. The molecule has 4 saturated carbocycles. The van der Waals surface area contributed by atoms with Gasteiger partial charge in [-0.15, -0.1) is 12.4 Å². The molecule has 0 aliphatic heterocycles. The molecule has 10 atom stereocenters. The topological polar surface area (TPSA) is 78.8 Å². The van der Waals surface area contributed by atoms with E-state index in [9.17, 15) is 15.0 Å². The SMILES string of the molecule is COC(=O)C1CC[C@H]2[C@@H]3CCC4CC(O)C(O)C[C@]4(C)[C@@H]3C(NCCC(C)C)C[C@]12C.Cl. The number of esters is 1. The lowest BCUT2D eigenvalue weighted by Gasteiger charge is -2.63. The number of aliphatic hydroxyl groups is 2. The van der Waals surface area contributed by atoms with E-state index in [1.54, 1.807) is 0 Å². The van der Waals surface area contributed by atoms with Crippen LogP contribution in [-0.2, 0) is 9.53 Å². The molecule has 0 spiro atoms. The number of ether oxygens (including phenoxy) is 1. The minimum absolute atomic E-state index is 0. The number of nitrogens with one attached hydrogen (secondary N) is 1. The van der Waals surface area contributed by atoms with E-state index in [0.29, 0.717) is 42.1 Å². The second-order valence-corrected chi connectivity index (χ2v) is 12.3. The molecule has 0 radical (unpaired) electrons. The van der Waals surface area contributed by atoms with Crippen molar-refractivity contribution >= 4 is 18.4 Å².